The Bertz CT molecular complexity index is 663. The lowest BCUT2D eigenvalue weighted by Crippen LogP contribution is -2.45. The van der Waals surface area contributed by atoms with E-state index >= 15 is 0 Å². The zero-order valence-corrected chi connectivity index (χ0v) is 16.5. The van der Waals surface area contributed by atoms with Crippen molar-refractivity contribution in [1.82, 2.24) is 20.5 Å². The molecule has 2 N–H and O–H groups in total. The number of carbonyl (C=O) groups excluding carboxylic acids is 3. The summed E-state index contributed by atoms with van der Waals surface area (Å²) in [6, 6.07) is 3.57. The van der Waals surface area contributed by atoms with Gasteiger partial charge in [0.05, 0.1) is 12.2 Å². The smallest absolute Gasteiger partial charge is 0.309 e. The minimum Gasteiger partial charge on any atom is -0.383 e. The maximum Gasteiger partial charge on any atom is 0.309 e. The number of ether oxygens (including phenoxy) is 1. The molecule has 9 heteroatoms. The average molecular weight is 394 g/mol. The lowest BCUT2D eigenvalue weighted by molar-refractivity contribution is -0.139. The molecule has 0 saturated carbocycles. The molecule has 27 heavy (non-hydrogen) atoms. The number of carbonyl (C=O) groups is 3. The van der Waals surface area contributed by atoms with Crippen LogP contribution in [-0.2, 0) is 14.3 Å². The predicted octanol–water partition coefficient (Wildman–Crippen LogP) is 0.535. The molecule has 148 valence electrons. The lowest BCUT2D eigenvalue weighted by Gasteiger charge is -2.32. The highest BCUT2D eigenvalue weighted by molar-refractivity contribution is 7.98. The van der Waals surface area contributed by atoms with Gasteiger partial charge in [-0.05, 0) is 37.1 Å². The van der Waals surface area contributed by atoms with E-state index in [2.05, 4.69) is 15.6 Å². The Morgan fingerprint density at radius 2 is 1.96 bits per heavy atom. The number of rotatable bonds is 7. The summed E-state index contributed by atoms with van der Waals surface area (Å²) >= 11 is 1.46. The van der Waals surface area contributed by atoms with Crippen molar-refractivity contribution in [3.8, 4) is 0 Å². The molecule has 1 aromatic rings. The first-order chi connectivity index (χ1) is 13.1. The first-order valence-corrected chi connectivity index (χ1v) is 10.1. The number of piperidine rings is 1. The highest BCUT2D eigenvalue weighted by Crippen LogP contribution is 2.22. The Morgan fingerprint density at radius 1 is 1.26 bits per heavy atom. The van der Waals surface area contributed by atoms with E-state index in [1.807, 2.05) is 11.2 Å². The molecule has 1 aliphatic heterocycles. The van der Waals surface area contributed by atoms with Crippen LogP contribution in [0.4, 0.5) is 0 Å². The second kappa shape index (κ2) is 10.9. The first kappa shape index (κ1) is 21.2. The maximum atomic E-state index is 12.7. The van der Waals surface area contributed by atoms with Gasteiger partial charge in [-0.15, -0.1) is 11.8 Å². The molecule has 0 aromatic carbocycles. The SMILES string of the molecule is COCCNC(=O)C(=O)NCC1CCN(C(=O)c2cccnc2SC)CC1. The maximum absolute atomic E-state index is 12.7. The molecule has 0 radical (unpaired) electrons. The fraction of sp³-hybridized carbons (Fsp3) is 0.556. The number of nitrogens with one attached hydrogen (secondary N) is 2. The topological polar surface area (TPSA) is 101 Å². The monoisotopic (exact) mass is 394 g/mol. The molecule has 0 atom stereocenters. The summed E-state index contributed by atoms with van der Waals surface area (Å²) in [5, 5.41) is 5.88. The molecular formula is C18H26N4O4S. The van der Waals surface area contributed by atoms with Gasteiger partial charge < -0.3 is 20.3 Å². The molecular weight excluding hydrogens is 368 g/mol. The number of likely N-dealkylation sites (tertiary alicyclic amines) is 1. The van der Waals surface area contributed by atoms with E-state index in [-0.39, 0.29) is 11.8 Å². The van der Waals surface area contributed by atoms with Crippen LogP contribution < -0.4 is 10.6 Å². The van der Waals surface area contributed by atoms with Crippen molar-refractivity contribution in [3.63, 3.8) is 0 Å². The van der Waals surface area contributed by atoms with E-state index in [1.54, 1.807) is 18.3 Å². The first-order valence-electron chi connectivity index (χ1n) is 8.90. The molecule has 8 nitrogen and oxygen atoms in total. The summed E-state index contributed by atoms with van der Waals surface area (Å²) in [5.74, 6) is -1.04. The summed E-state index contributed by atoms with van der Waals surface area (Å²) < 4.78 is 4.82. The fourth-order valence-electron chi connectivity index (χ4n) is 2.89. The van der Waals surface area contributed by atoms with E-state index in [0.717, 1.165) is 17.9 Å². The molecule has 2 heterocycles. The zero-order chi connectivity index (χ0) is 19.6. The van der Waals surface area contributed by atoms with Gasteiger partial charge in [0.2, 0.25) is 0 Å². The number of pyridine rings is 1. The van der Waals surface area contributed by atoms with Crippen LogP contribution in [0.25, 0.3) is 0 Å². The van der Waals surface area contributed by atoms with E-state index in [1.165, 1.54) is 18.9 Å². The largest absolute Gasteiger partial charge is 0.383 e. The van der Waals surface area contributed by atoms with E-state index in [0.29, 0.717) is 38.3 Å². The van der Waals surface area contributed by atoms with Gasteiger partial charge in [-0.1, -0.05) is 0 Å². The van der Waals surface area contributed by atoms with Crippen LogP contribution in [0.15, 0.2) is 23.4 Å². The molecule has 3 amide bonds. The summed E-state index contributed by atoms with van der Waals surface area (Å²) in [7, 11) is 1.53. The second-order valence-corrected chi connectivity index (χ2v) is 7.05. The quantitative estimate of drug-likeness (QED) is 0.398. The molecule has 0 bridgehead atoms. The minimum absolute atomic E-state index is 0.00698. The molecule has 1 aliphatic rings. The summed E-state index contributed by atoms with van der Waals surface area (Å²) in [4.78, 5) is 42.2. The average Bonchev–Trinajstić information content (AvgIpc) is 2.71. The Morgan fingerprint density at radius 3 is 2.63 bits per heavy atom. The van der Waals surface area contributed by atoms with E-state index in [9.17, 15) is 14.4 Å². The third kappa shape index (κ3) is 6.21. The van der Waals surface area contributed by atoms with Gasteiger partial charge >= 0.3 is 11.8 Å². The summed E-state index contributed by atoms with van der Waals surface area (Å²) in [6.45, 7) is 2.35. The number of methoxy groups -OCH3 is 1. The molecule has 1 aromatic heterocycles. The summed E-state index contributed by atoms with van der Waals surface area (Å²) in [5.41, 5.74) is 0.629. The van der Waals surface area contributed by atoms with Gasteiger partial charge in [0.1, 0.15) is 5.03 Å². The van der Waals surface area contributed by atoms with Crippen molar-refractivity contribution < 1.29 is 19.1 Å². The number of amides is 3. The van der Waals surface area contributed by atoms with Gasteiger partial charge in [0, 0.05) is 39.5 Å². The molecule has 1 saturated heterocycles. The molecule has 0 aliphatic carbocycles. The number of hydrogen-bond acceptors (Lipinski definition) is 6. The van der Waals surface area contributed by atoms with Gasteiger partial charge in [-0.2, -0.15) is 0 Å². The standard InChI is InChI=1S/C18H26N4O4S/c1-26-11-8-19-15(23)16(24)21-12-13-5-9-22(10-6-13)18(25)14-4-3-7-20-17(14)27-2/h3-4,7,13H,5-6,8-12H2,1-2H3,(H,19,23)(H,21,24). The normalized spacial score (nSPS) is 14.7. The number of nitrogens with zero attached hydrogens (tertiary/aromatic N) is 2. The van der Waals surface area contributed by atoms with Crippen LogP contribution >= 0.6 is 11.8 Å². The zero-order valence-electron chi connectivity index (χ0n) is 15.7. The van der Waals surface area contributed by atoms with Gasteiger partial charge in [0.15, 0.2) is 0 Å². The van der Waals surface area contributed by atoms with Gasteiger partial charge in [0.25, 0.3) is 5.91 Å². The third-order valence-corrected chi connectivity index (χ3v) is 5.16. The van der Waals surface area contributed by atoms with Crippen LogP contribution in [0, 0.1) is 5.92 Å². The van der Waals surface area contributed by atoms with Gasteiger partial charge in [-0.3, -0.25) is 14.4 Å². The highest BCUT2D eigenvalue weighted by atomic mass is 32.2. The van der Waals surface area contributed by atoms with Crippen molar-refractivity contribution in [3.05, 3.63) is 23.9 Å². The molecule has 2 rings (SSSR count). The van der Waals surface area contributed by atoms with E-state index in [4.69, 9.17) is 4.74 Å². The lowest BCUT2D eigenvalue weighted by atomic mass is 9.96. The van der Waals surface area contributed by atoms with Crippen LogP contribution in [0.3, 0.4) is 0 Å². The van der Waals surface area contributed by atoms with Crippen LogP contribution in [0.2, 0.25) is 0 Å². The molecule has 0 unspecified atom stereocenters. The van der Waals surface area contributed by atoms with Crippen molar-refractivity contribution >= 4 is 29.5 Å². The van der Waals surface area contributed by atoms with Crippen molar-refractivity contribution in [2.24, 2.45) is 5.92 Å². The van der Waals surface area contributed by atoms with Crippen molar-refractivity contribution in [2.45, 2.75) is 17.9 Å². The Hall–Kier alpha value is -2.13. The third-order valence-electron chi connectivity index (χ3n) is 4.45. The van der Waals surface area contributed by atoms with E-state index < -0.39 is 11.8 Å². The minimum atomic E-state index is -0.652. The van der Waals surface area contributed by atoms with Crippen molar-refractivity contribution in [2.75, 3.05) is 46.2 Å². The summed E-state index contributed by atoms with van der Waals surface area (Å²) in [6.07, 6.45) is 5.15. The second-order valence-electron chi connectivity index (χ2n) is 6.25. The predicted molar refractivity (Wildman–Crippen MR) is 103 cm³/mol. The van der Waals surface area contributed by atoms with Gasteiger partial charge in [-0.25, -0.2) is 4.98 Å². The van der Waals surface area contributed by atoms with Crippen molar-refractivity contribution in [1.29, 1.82) is 0 Å². The fourth-order valence-corrected chi connectivity index (χ4v) is 3.43. The number of aromatic nitrogens is 1. The number of thioether (sulfide) groups is 1. The van der Waals surface area contributed by atoms with Crippen LogP contribution in [0.1, 0.15) is 23.2 Å². The highest BCUT2D eigenvalue weighted by Gasteiger charge is 2.26. The van der Waals surface area contributed by atoms with Crippen LogP contribution in [0.5, 0.6) is 0 Å². The number of hydrogen-bond donors (Lipinski definition) is 2. The molecule has 1 fully saturated rings. The Kier molecular flexibility index (Phi) is 8.53. The van der Waals surface area contributed by atoms with Crippen LogP contribution in [-0.4, -0.2) is 73.8 Å². The Labute approximate surface area is 163 Å². The molecule has 0 spiro atoms. The Balaban J connectivity index is 1.76.